The van der Waals surface area contributed by atoms with Crippen molar-refractivity contribution in [3.63, 3.8) is 0 Å². The summed E-state index contributed by atoms with van der Waals surface area (Å²) in [6.07, 6.45) is 1.79. The van der Waals surface area contributed by atoms with Crippen LogP contribution in [0.25, 0.3) is 10.8 Å². The Kier molecular flexibility index (Phi) is 3.50. The molecular formula is C20H17N3O. The van der Waals surface area contributed by atoms with Crippen LogP contribution in [0.2, 0.25) is 0 Å². The van der Waals surface area contributed by atoms with E-state index in [9.17, 15) is 4.79 Å². The molecule has 4 heteroatoms. The number of benzene rings is 3. The Morgan fingerprint density at radius 2 is 1.83 bits per heavy atom. The van der Waals surface area contributed by atoms with E-state index >= 15 is 0 Å². The van der Waals surface area contributed by atoms with Crippen molar-refractivity contribution in [3.05, 3.63) is 71.8 Å². The number of carbonyl (C=O) groups is 1. The van der Waals surface area contributed by atoms with Gasteiger partial charge in [-0.05, 0) is 41.1 Å². The molecular weight excluding hydrogens is 298 g/mol. The normalized spacial score (nSPS) is 13.6. The van der Waals surface area contributed by atoms with E-state index < -0.39 is 0 Å². The summed E-state index contributed by atoms with van der Waals surface area (Å²) in [6.45, 7) is 1.13. The number of aliphatic imine (C=N–C) groups is 1. The highest BCUT2D eigenvalue weighted by Crippen LogP contribution is 2.26. The molecule has 24 heavy (non-hydrogen) atoms. The Balaban J connectivity index is 1.76. The fourth-order valence-electron chi connectivity index (χ4n) is 3.05. The number of amides is 1. The van der Waals surface area contributed by atoms with Gasteiger partial charge in [0.1, 0.15) is 0 Å². The molecule has 4 nitrogen and oxygen atoms in total. The van der Waals surface area contributed by atoms with E-state index in [0.29, 0.717) is 24.3 Å². The lowest BCUT2D eigenvalue weighted by atomic mass is 10.1. The van der Waals surface area contributed by atoms with Crippen molar-refractivity contribution < 1.29 is 4.79 Å². The first-order chi connectivity index (χ1) is 11.7. The number of rotatable bonds is 1. The van der Waals surface area contributed by atoms with Crippen LogP contribution in [0.15, 0.2) is 65.7 Å². The number of carbonyl (C=O) groups excluding carboxylic acids is 1. The van der Waals surface area contributed by atoms with Crippen molar-refractivity contribution in [2.24, 2.45) is 4.99 Å². The van der Waals surface area contributed by atoms with Crippen molar-refractivity contribution >= 4 is 34.3 Å². The molecule has 118 valence electrons. The fourth-order valence-corrected chi connectivity index (χ4v) is 3.05. The van der Waals surface area contributed by atoms with Crippen LogP contribution >= 0.6 is 0 Å². The highest BCUT2D eigenvalue weighted by atomic mass is 16.2. The first kappa shape index (κ1) is 14.5. The number of anilines is 2. The smallest absolute Gasteiger partial charge is 0.258 e. The minimum absolute atomic E-state index is 0.0164. The van der Waals surface area contributed by atoms with Gasteiger partial charge in [0.25, 0.3) is 5.91 Å². The lowest BCUT2D eigenvalue weighted by Gasteiger charge is -2.23. The quantitative estimate of drug-likeness (QED) is 0.699. The first-order valence-electron chi connectivity index (χ1n) is 7.92. The fraction of sp³-hybridized carbons (Fsp3) is 0.100. The van der Waals surface area contributed by atoms with Crippen molar-refractivity contribution in [2.45, 2.75) is 0 Å². The highest BCUT2D eigenvalue weighted by Gasteiger charge is 2.21. The van der Waals surface area contributed by atoms with E-state index in [4.69, 9.17) is 5.73 Å². The van der Waals surface area contributed by atoms with Gasteiger partial charge in [-0.1, -0.05) is 30.3 Å². The SMILES string of the molecule is Nc1ccc2c(c1)C=NCCN2C(=O)c1ccc2ccccc2c1. The second kappa shape index (κ2) is 5.81. The third-order valence-electron chi connectivity index (χ3n) is 4.27. The molecule has 0 bridgehead atoms. The van der Waals surface area contributed by atoms with E-state index in [1.807, 2.05) is 60.7 Å². The van der Waals surface area contributed by atoms with Crippen molar-refractivity contribution in [1.29, 1.82) is 0 Å². The predicted molar refractivity (Wildman–Crippen MR) is 98.9 cm³/mol. The third-order valence-corrected chi connectivity index (χ3v) is 4.27. The lowest BCUT2D eigenvalue weighted by Crippen LogP contribution is -2.33. The summed E-state index contributed by atoms with van der Waals surface area (Å²) < 4.78 is 0. The molecule has 0 radical (unpaired) electrons. The first-order valence-corrected chi connectivity index (χ1v) is 7.92. The van der Waals surface area contributed by atoms with E-state index in [2.05, 4.69) is 4.99 Å². The number of hydrogen-bond donors (Lipinski definition) is 1. The summed E-state index contributed by atoms with van der Waals surface area (Å²) in [7, 11) is 0. The minimum atomic E-state index is -0.0164. The van der Waals surface area contributed by atoms with Crippen LogP contribution < -0.4 is 10.6 Å². The van der Waals surface area contributed by atoms with Crippen LogP contribution in [0.1, 0.15) is 15.9 Å². The number of benzodiazepines with no additional fused rings is 1. The highest BCUT2D eigenvalue weighted by molar-refractivity contribution is 6.10. The van der Waals surface area contributed by atoms with Gasteiger partial charge in [-0.15, -0.1) is 0 Å². The van der Waals surface area contributed by atoms with Crippen LogP contribution in [-0.4, -0.2) is 25.2 Å². The van der Waals surface area contributed by atoms with Gasteiger partial charge in [0.2, 0.25) is 0 Å². The molecule has 0 fully saturated rings. The molecule has 3 aromatic carbocycles. The lowest BCUT2D eigenvalue weighted by molar-refractivity contribution is 0.0988. The Labute approximate surface area is 140 Å². The molecule has 0 atom stereocenters. The molecule has 3 aromatic rings. The Morgan fingerprint density at radius 3 is 2.71 bits per heavy atom. The second-order valence-electron chi connectivity index (χ2n) is 5.87. The monoisotopic (exact) mass is 315 g/mol. The standard InChI is InChI=1S/C20H17N3O/c21-18-7-8-19-17(12-18)13-22-9-10-23(19)20(24)16-6-5-14-3-1-2-4-15(14)11-16/h1-8,11-13H,9-10,21H2. The van der Waals surface area contributed by atoms with Gasteiger partial charge < -0.3 is 10.6 Å². The Hall–Kier alpha value is -3.14. The van der Waals surface area contributed by atoms with E-state index in [1.165, 1.54) is 0 Å². The van der Waals surface area contributed by atoms with E-state index in [-0.39, 0.29) is 5.91 Å². The van der Waals surface area contributed by atoms with Gasteiger partial charge in [-0.3, -0.25) is 9.79 Å². The van der Waals surface area contributed by atoms with Crippen LogP contribution in [0, 0.1) is 0 Å². The van der Waals surface area contributed by atoms with Gasteiger partial charge in [-0.25, -0.2) is 0 Å². The van der Waals surface area contributed by atoms with Crippen molar-refractivity contribution in [2.75, 3.05) is 23.7 Å². The average Bonchev–Trinajstić information content (AvgIpc) is 2.82. The topological polar surface area (TPSA) is 58.7 Å². The summed E-state index contributed by atoms with van der Waals surface area (Å²) in [6, 6.07) is 19.4. The minimum Gasteiger partial charge on any atom is -0.399 e. The zero-order valence-electron chi connectivity index (χ0n) is 13.1. The molecule has 1 aliphatic heterocycles. The average molecular weight is 315 g/mol. The van der Waals surface area contributed by atoms with Gasteiger partial charge in [-0.2, -0.15) is 0 Å². The third kappa shape index (κ3) is 2.52. The molecule has 1 heterocycles. The van der Waals surface area contributed by atoms with Gasteiger partial charge in [0.05, 0.1) is 12.2 Å². The summed E-state index contributed by atoms with van der Waals surface area (Å²) >= 11 is 0. The molecule has 1 aliphatic rings. The summed E-state index contributed by atoms with van der Waals surface area (Å²) in [4.78, 5) is 19.2. The maximum atomic E-state index is 13.1. The molecule has 1 amide bonds. The molecule has 0 aromatic heterocycles. The summed E-state index contributed by atoms with van der Waals surface area (Å²) in [5.74, 6) is -0.0164. The number of nitrogens with two attached hydrogens (primary N) is 1. The van der Waals surface area contributed by atoms with Gasteiger partial charge in [0.15, 0.2) is 0 Å². The zero-order valence-corrected chi connectivity index (χ0v) is 13.1. The summed E-state index contributed by atoms with van der Waals surface area (Å²) in [5, 5.41) is 2.19. The molecule has 0 spiro atoms. The zero-order chi connectivity index (χ0) is 16.5. The summed E-state index contributed by atoms with van der Waals surface area (Å²) in [5.41, 5.74) is 8.94. The maximum Gasteiger partial charge on any atom is 0.258 e. The second-order valence-corrected chi connectivity index (χ2v) is 5.87. The van der Waals surface area contributed by atoms with Crippen LogP contribution in [0.4, 0.5) is 11.4 Å². The van der Waals surface area contributed by atoms with E-state index in [1.54, 1.807) is 11.1 Å². The van der Waals surface area contributed by atoms with Gasteiger partial charge >= 0.3 is 0 Å². The van der Waals surface area contributed by atoms with E-state index in [0.717, 1.165) is 22.0 Å². The molecule has 0 unspecified atom stereocenters. The number of hydrogen-bond acceptors (Lipinski definition) is 3. The molecule has 2 N–H and O–H groups in total. The molecule has 0 saturated heterocycles. The van der Waals surface area contributed by atoms with Crippen molar-refractivity contribution in [1.82, 2.24) is 0 Å². The van der Waals surface area contributed by atoms with Crippen molar-refractivity contribution in [3.8, 4) is 0 Å². The van der Waals surface area contributed by atoms with Crippen LogP contribution in [0.3, 0.4) is 0 Å². The molecule has 0 aliphatic carbocycles. The Bertz CT molecular complexity index is 962. The van der Waals surface area contributed by atoms with Crippen LogP contribution in [0.5, 0.6) is 0 Å². The molecule has 4 rings (SSSR count). The van der Waals surface area contributed by atoms with Crippen LogP contribution in [-0.2, 0) is 0 Å². The number of fused-ring (bicyclic) bond motifs is 2. The molecule has 0 saturated carbocycles. The van der Waals surface area contributed by atoms with Gasteiger partial charge in [0, 0.05) is 29.6 Å². The number of nitrogen functional groups attached to an aromatic ring is 1. The predicted octanol–water partition coefficient (Wildman–Crippen LogP) is 3.50. The Morgan fingerprint density at radius 1 is 1.00 bits per heavy atom. The largest absolute Gasteiger partial charge is 0.399 e. The number of nitrogens with zero attached hydrogens (tertiary/aromatic N) is 2. The maximum absolute atomic E-state index is 13.1.